The second-order valence-electron chi connectivity index (χ2n) is 1.86. The monoisotopic (exact) mass is 147 g/mol. The summed E-state index contributed by atoms with van der Waals surface area (Å²) in [4.78, 5) is 12.4. The van der Waals surface area contributed by atoms with Crippen LogP contribution in [0.4, 0.5) is 4.79 Å². The Morgan fingerprint density at radius 2 is 2.33 bits per heavy atom. The molecule has 0 saturated carbocycles. The smallest absolute Gasteiger partial charge is 0.375 e. The zero-order chi connectivity index (χ0) is 6.69. The highest BCUT2D eigenvalue weighted by Gasteiger charge is 2.20. The summed E-state index contributed by atoms with van der Waals surface area (Å²) in [5, 5.41) is 0. The maximum absolute atomic E-state index is 10.7. The van der Waals surface area contributed by atoms with Crippen LogP contribution in [0.1, 0.15) is 6.42 Å². The molecular formula is C5H9NO2S. The first-order chi connectivity index (χ1) is 4.34. The van der Waals surface area contributed by atoms with E-state index < -0.39 is 0 Å². The summed E-state index contributed by atoms with van der Waals surface area (Å²) in [6.07, 6.45) is 2.65. The average molecular weight is 147 g/mol. The van der Waals surface area contributed by atoms with Crippen molar-refractivity contribution < 1.29 is 8.98 Å². The van der Waals surface area contributed by atoms with Gasteiger partial charge in [-0.3, -0.25) is 0 Å². The summed E-state index contributed by atoms with van der Waals surface area (Å²) in [5.41, 5.74) is 0. The van der Waals surface area contributed by atoms with Gasteiger partial charge in [-0.1, -0.05) is 0 Å². The van der Waals surface area contributed by atoms with E-state index in [-0.39, 0.29) is 6.09 Å². The molecule has 1 heterocycles. The van der Waals surface area contributed by atoms with Gasteiger partial charge in [-0.25, -0.2) is 4.79 Å². The number of hydrogen-bond acceptors (Lipinski definition) is 3. The number of hydrogen-bond donors (Lipinski definition) is 0. The number of carbonyl (C=O) groups is 1. The molecule has 0 aromatic heterocycles. The molecule has 1 aliphatic rings. The molecule has 9 heavy (non-hydrogen) atoms. The summed E-state index contributed by atoms with van der Waals surface area (Å²) < 4.78 is 4.65. The molecule has 0 atom stereocenters. The molecule has 1 saturated heterocycles. The average Bonchev–Trinajstić information content (AvgIpc) is 1.60. The Hall–Kier alpha value is -0.380. The van der Waals surface area contributed by atoms with Crippen LogP contribution in [-0.4, -0.2) is 30.3 Å². The van der Waals surface area contributed by atoms with Gasteiger partial charge in [0, 0.05) is 19.3 Å². The first-order valence-corrected chi connectivity index (χ1v) is 3.99. The van der Waals surface area contributed by atoms with E-state index in [9.17, 15) is 4.79 Å². The van der Waals surface area contributed by atoms with E-state index in [0.717, 1.165) is 31.6 Å². The van der Waals surface area contributed by atoms with Crippen molar-refractivity contribution in [1.29, 1.82) is 0 Å². The molecule has 0 bridgehead atoms. The molecule has 0 aromatic rings. The lowest BCUT2D eigenvalue weighted by Crippen LogP contribution is -2.41. The van der Waals surface area contributed by atoms with Gasteiger partial charge in [0.05, 0.1) is 12.0 Å². The summed E-state index contributed by atoms with van der Waals surface area (Å²) >= 11 is 1.10. The summed E-state index contributed by atoms with van der Waals surface area (Å²) in [5.74, 6) is 0. The fourth-order valence-electron chi connectivity index (χ4n) is 0.623. The second-order valence-corrected chi connectivity index (χ2v) is 2.36. The molecule has 0 unspecified atom stereocenters. The Morgan fingerprint density at radius 3 is 2.67 bits per heavy atom. The molecule has 1 amide bonds. The van der Waals surface area contributed by atoms with E-state index in [4.69, 9.17) is 0 Å². The lowest BCUT2D eigenvalue weighted by Gasteiger charge is -2.28. The van der Waals surface area contributed by atoms with Crippen LogP contribution in [0.25, 0.3) is 0 Å². The Balaban J connectivity index is 2.16. The molecule has 52 valence electrons. The molecule has 0 spiro atoms. The molecule has 0 radical (unpaired) electrons. The van der Waals surface area contributed by atoms with E-state index in [0.29, 0.717) is 0 Å². The van der Waals surface area contributed by atoms with E-state index in [2.05, 4.69) is 4.18 Å². The highest BCUT2D eigenvalue weighted by atomic mass is 32.2. The number of rotatable bonds is 1. The van der Waals surface area contributed by atoms with Crippen LogP contribution in [0, 0.1) is 0 Å². The Morgan fingerprint density at radius 1 is 1.67 bits per heavy atom. The molecule has 3 nitrogen and oxygen atoms in total. The standard InChI is InChI=1S/C5H9NO2S/c1-9-8-5(7)6-3-2-4-6/h2-4H2,1H3. The van der Waals surface area contributed by atoms with Crippen molar-refractivity contribution in [2.24, 2.45) is 0 Å². The lowest BCUT2D eigenvalue weighted by molar-refractivity contribution is 0.132. The van der Waals surface area contributed by atoms with Gasteiger partial charge in [0.25, 0.3) is 0 Å². The van der Waals surface area contributed by atoms with E-state index in [1.54, 1.807) is 11.2 Å². The zero-order valence-corrected chi connectivity index (χ0v) is 6.11. The lowest BCUT2D eigenvalue weighted by atomic mass is 10.2. The van der Waals surface area contributed by atoms with Gasteiger partial charge >= 0.3 is 6.09 Å². The third-order valence-corrected chi connectivity index (χ3v) is 1.58. The first-order valence-electron chi connectivity index (χ1n) is 2.84. The van der Waals surface area contributed by atoms with Crippen molar-refractivity contribution in [3.8, 4) is 0 Å². The summed E-state index contributed by atoms with van der Waals surface area (Å²) in [6, 6.07) is 0. The molecule has 1 aliphatic heterocycles. The minimum Gasteiger partial charge on any atom is -0.375 e. The van der Waals surface area contributed by atoms with Crippen molar-refractivity contribution in [2.45, 2.75) is 6.42 Å². The van der Waals surface area contributed by atoms with E-state index in [1.807, 2.05) is 0 Å². The third kappa shape index (κ3) is 1.51. The molecule has 4 heteroatoms. The second kappa shape index (κ2) is 2.96. The minimum absolute atomic E-state index is 0.200. The SMILES string of the molecule is CSOC(=O)N1CCC1. The fraction of sp³-hybridized carbons (Fsp3) is 0.800. The number of likely N-dealkylation sites (tertiary alicyclic amines) is 1. The molecule has 0 N–H and O–H groups in total. The van der Waals surface area contributed by atoms with Gasteiger partial charge in [-0.05, 0) is 6.42 Å². The van der Waals surface area contributed by atoms with Crippen LogP contribution < -0.4 is 0 Å². The highest BCUT2D eigenvalue weighted by Crippen LogP contribution is 2.10. The van der Waals surface area contributed by atoms with Gasteiger partial charge < -0.3 is 9.08 Å². The topological polar surface area (TPSA) is 29.5 Å². The van der Waals surface area contributed by atoms with Gasteiger partial charge in [0.1, 0.15) is 0 Å². The summed E-state index contributed by atoms with van der Waals surface area (Å²) in [6.45, 7) is 1.72. The Bertz CT molecular complexity index is 114. The maximum Gasteiger partial charge on any atom is 0.421 e. The van der Waals surface area contributed by atoms with Crippen LogP contribution >= 0.6 is 12.0 Å². The molecular weight excluding hydrogens is 138 g/mol. The highest BCUT2D eigenvalue weighted by molar-refractivity contribution is 7.94. The maximum atomic E-state index is 10.7. The quantitative estimate of drug-likeness (QED) is 0.520. The number of amides is 1. The van der Waals surface area contributed by atoms with Crippen LogP contribution in [0.15, 0.2) is 0 Å². The van der Waals surface area contributed by atoms with Gasteiger partial charge in [-0.2, -0.15) is 0 Å². The van der Waals surface area contributed by atoms with Gasteiger partial charge in [-0.15, -0.1) is 0 Å². The van der Waals surface area contributed by atoms with Crippen LogP contribution in [0.3, 0.4) is 0 Å². The van der Waals surface area contributed by atoms with Crippen molar-refractivity contribution in [3.63, 3.8) is 0 Å². The minimum atomic E-state index is -0.200. The molecule has 1 fully saturated rings. The van der Waals surface area contributed by atoms with Gasteiger partial charge in [0.15, 0.2) is 0 Å². The molecule has 0 aromatic carbocycles. The third-order valence-electron chi connectivity index (χ3n) is 1.27. The predicted molar refractivity (Wildman–Crippen MR) is 36.2 cm³/mol. The fourth-order valence-corrected chi connectivity index (χ4v) is 0.871. The first kappa shape index (κ1) is 6.74. The van der Waals surface area contributed by atoms with Crippen LogP contribution in [-0.2, 0) is 4.18 Å². The van der Waals surface area contributed by atoms with Gasteiger partial charge in [0.2, 0.25) is 0 Å². The summed E-state index contributed by atoms with van der Waals surface area (Å²) in [7, 11) is 0. The predicted octanol–water partition coefficient (Wildman–Crippen LogP) is 1.11. The van der Waals surface area contributed by atoms with E-state index in [1.165, 1.54) is 0 Å². The Labute approximate surface area is 58.6 Å². The molecule has 1 rings (SSSR count). The largest absolute Gasteiger partial charge is 0.421 e. The normalized spacial score (nSPS) is 16.8. The van der Waals surface area contributed by atoms with Crippen LogP contribution in [0.2, 0.25) is 0 Å². The van der Waals surface area contributed by atoms with E-state index >= 15 is 0 Å². The van der Waals surface area contributed by atoms with Crippen molar-refractivity contribution in [3.05, 3.63) is 0 Å². The Kier molecular flexibility index (Phi) is 2.22. The van der Waals surface area contributed by atoms with Crippen LogP contribution in [0.5, 0.6) is 0 Å². The number of nitrogens with zero attached hydrogens (tertiary/aromatic N) is 1. The molecule has 0 aliphatic carbocycles. The number of carbonyl (C=O) groups excluding carboxylic acids is 1. The van der Waals surface area contributed by atoms with Crippen molar-refractivity contribution in [1.82, 2.24) is 4.90 Å². The van der Waals surface area contributed by atoms with Crippen molar-refractivity contribution in [2.75, 3.05) is 19.3 Å². The van der Waals surface area contributed by atoms with Crippen molar-refractivity contribution >= 4 is 18.1 Å². The zero-order valence-electron chi connectivity index (χ0n) is 5.29.